The third kappa shape index (κ3) is 5.25. The van der Waals surface area contributed by atoms with Crippen LogP contribution in [0.3, 0.4) is 0 Å². The van der Waals surface area contributed by atoms with Gasteiger partial charge in [-0.2, -0.15) is 5.10 Å². The Morgan fingerprint density at radius 1 is 1.20 bits per heavy atom. The second-order valence-electron chi connectivity index (χ2n) is 4.76. The first-order valence-corrected chi connectivity index (χ1v) is 7.61. The molecule has 0 saturated carbocycles. The van der Waals surface area contributed by atoms with Crippen LogP contribution in [0.2, 0.25) is 0 Å². The highest BCUT2D eigenvalue weighted by Crippen LogP contribution is 2.28. The fraction of sp³-hybridized carbons (Fsp3) is 0.118. The van der Waals surface area contributed by atoms with E-state index in [-0.39, 0.29) is 11.3 Å². The van der Waals surface area contributed by atoms with E-state index in [4.69, 9.17) is 21.7 Å². The van der Waals surface area contributed by atoms with E-state index in [0.29, 0.717) is 16.4 Å². The van der Waals surface area contributed by atoms with Gasteiger partial charge < -0.3 is 14.8 Å². The molecule has 0 spiro atoms. The number of benzene rings is 2. The molecule has 2 aromatic carbocycles. The Morgan fingerprint density at radius 3 is 2.56 bits per heavy atom. The normalized spacial score (nSPS) is 10.4. The molecule has 6 nitrogen and oxygen atoms in total. The smallest absolute Gasteiger partial charge is 0.343 e. The van der Waals surface area contributed by atoms with Gasteiger partial charge >= 0.3 is 5.97 Å². The highest BCUT2D eigenvalue weighted by Gasteiger charge is 2.12. The van der Waals surface area contributed by atoms with Gasteiger partial charge in [0.2, 0.25) is 0 Å². The fourth-order valence-corrected chi connectivity index (χ4v) is 1.87. The first-order chi connectivity index (χ1) is 12.0. The van der Waals surface area contributed by atoms with Gasteiger partial charge in [0.05, 0.1) is 18.9 Å². The Kier molecular flexibility index (Phi) is 6.41. The van der Waals surface area contributed by atoms with Crippen molar-refractivity contribution in [3.8, 4) is 11.5 Å². The summed E-state index contributed by atoms with van der Waals surface area (Å²) in [6, 6.07) is 10.0. The van der Waals surface area contributed by atoms with Crippen molar-refractivity contribution in [2.24, 2.45) is 5.10 Å². The van der Waals surface area contributed by atoms with Crippen molar-refractivity contribution in [3.63, 3.8) is 0 Å². The van der Waals surface area contributed by atoms with Crippen molar-refractivity contribution < 1.29 is 18.7 Å². The van der Waals surface area contributed by atoms with Crippen LogP contribution >= 0.6 is 12.2 Å². The van der Waals surface area contributed by atoms with Crippen molar-refractivity contribution in [3.05, 3.63) is 59.4 Å². The number of methoxy groups -OCH3 is 1. The van der Waals surface area contributed by atoms with Gasteiger partial charge in [-0.05, 0) is 60.2 Å². The summed E-state index contributed by atoms with van der Waals surface area (Å²) in [6.45, 7) is 0. The molecule has 0 aliphatic rings. The maximum Gasteiger partial charge on any atom is 0.343 e. The van der Waals surface area contributed by atoms with Crippen molar-refractivity contribution >= 4 is 29.5 Å². The number of esters is 1. The molecule has 0 aliphatic carbocycles. The minimum atomic E-state index is -0.610. The third-order valence-corrected chi connectivity index (χ3v) is 3.37. The molecule has 0 aromatic heterocycles. The fourth-order valence-electron chi connectivity index (χ4n) is 1.81. The lowest BCUT2D eigenvalue weighted by Crippen LogP contribution is -2.28. The summed E-state index contributed by atoms with van der Waals surface area (Å²) in [5.41, 5.74) is 3.57. The van der Waals surface area contributed by atoms with Crippen LogP contribution in [0.4, 0.5) is 4.39 Å². The average Bonchev–Trinajstić information content (AvgIpc) is 2.63. The van der Waals surface area contributed by atoms with Gasteiger partial charge in [-0.25, -0.2) is 9.18 Å². The summed E-state index contributed by atoms with van der Waals surface area (Å²) >= 11 is 4.90. The summed E-state index contributed by atoms with van der Waals surface area (Å²) in [5.74, 6) is -0.437. The molecule has 2 N–H and O–H groups in total. The van der Waals surface area contributed by atoms with Crippen molar-refractivity contribution in [2.45, 2.75) is 0 Å². The number of carbonyl (C=O) groups is 1. The lowest BCUT2D eigenvalue weighted by Gasteiger charge is -2.10. The Morgan fingerprint density at radius 2 is 1.92 bits per heavy atom. The zero-order chi connectivity index (χ0) is 18.2. The Balaban J connectivity index is 2.12. The highest BCUT2D eigenvalue weighted by molar-refractivity contribution is 7.80. The van der Waals surface area contributed by atoms with Gasteiger partial charge in [-0.3, -0.25) is 5.43 Å². The van der Waals surface area contributed by atoms with E-state index < -0.39 is 11.8 Å². The zero-order valence-electron chi connectivity index (χ0n) is 13.6. The Bertz CT molecular complexity index is 794. The number of hydrogen-bond donors (Lipinski definition) is 2. The number of hydrogen-bond acceptors (Lipinski definition) is 5. The first kappa shape index (κ1) is 18.3. The predicted octanol–water partition coefficient (Wildman–Crippen LogP) is 2.48. The lowest BCUT2D eigenvalue weighted by atomic mass is 10.2. The number of thiocarbonyl (C=S) groups is 1. The molecule has 8 heteroatoms. The topological polar surface area (TPSA) is 72.0 Å². The number of nitrogens with one attached hydrogen (secondary N) is 2. The molecule has 130 valence electrons. The molecular weight excluding hydrogens is 345 g/mol. The molecule has 0 aliphatic heterocycles. The van der Waals surface area contributed by atoms with Crippen LogP contribution in [0, 0.1) is 5.82 Å². The number of carbonyl (C=O) groups excluding carboxylic acids is 1. The molecule has 0 radical (unpaired) electrons. The second kappa shape index (κ2) is 8.74. The minimum Gasteiger partial charge on any atom is -0.493 e. The summed E-state index contributed by atoms with van der Waals surface area (Å²) in [7, 11) is 3.14. The van der Waals surface area contributed by atoms with Crippen LogP contribution in [-0.4, -0.2) is 31.5 Å². The molecule has 0 bridgehead atoms. The Labute approximate surface area is 149 Å². The van der Waals surface area contributed by atoms with Gasteiger partial charge in [0.15, 0.2) is 16.6 Å². The van der Waals surface area contributed by atoms with Gasteiger partial charge in [0, 0.05) is 7.05 Å². The van der Waals surface area contributed by atoms with Crippen LogP contribution in [-0.2, 0) is 0 Å². The van der Waals surface area contributed by atoms with E-state index in [1.165, 1.54) is 37.6 Å². The number of rotatable bonds is 5. The van der Waals surface area contributed by atoms with Crippen molar-refractivity contribution in [2.75, 3.05) is 14.2 Å². The molecule has 25 heavy (non-hydrogen) atoms. The summed E-state index contributed by atoms with van der Waals surface area (Å²) in [4.78, 5) is 12.1. The van der Waals surface area contributed by atoms with Crippen molar-refractivity contribution in [1.82, 2.24) is 10.7 Å². The summed E-state index contributed by atoms with van der Waals surface area (Å²) < 4.78 is 23.4. The molecule has 2 rings (SSSR count). The van der Waals surface area contributed by atoms with Crippen LogP contribution < -0.4 is 20.2 Å². The van der Waals surface area contributed by atoms with E-state index in [0.717, 1.165) is 0 Å². The van der Waals surface area contributed by atoms with Gasteiger partial charge in [-0.1, -0.05) is 0 Å². The molecular formula is C17H16FN3O3S. The predicted molar refractivity (Wildman–Crippen MR) is 96.7 cm³/mol. The Hall–Kier alpha value is -3.00. The van der Waals surface area contributed by atoms with E-state index in [1.807, 2.05) is 0 Å². The van der Waals surface area contributed by atoms with Crippen LogP contribution in [0.15, 0.2) is 47.6 Å². The molecule has 0 fully saturated rings. The van der Waals surface area contributed by atoms with Crippen molar-refractivity contribution in [1.29, 1.82) is 0 Å². The van der Waals surface area contributed by atoms with Crippen LogP contribution in [0.5, 0.6) is 11.5 Å². The highest BCUT2D eigenvalue weighted by atomic mass is 32.1. The maximum absolute atomic E-state index is 12.9. The largest absolute Gasteiger partial charge is 0.493 e. The second-order valence-corrected chi connectivity index (χ2v) is 5.16. The number of halogens is 1. The average molecular weight is 361 g/mol. The molecule has 0 saturated heterocycles. The van der Waals surface area contributed by atoms with E-state index in [1.54, 1.807) is 25.2 Å². The molecule has 0 amide bonds. The van der Waals surface area contributed by atoms with E-state index >= 15 is 0 Å². The minimum absolute atomic E-state index is 0.235. The van der Waals surface area contributed by atoms with Gasteiger partial charge in [-0.15, -0.1) is 0 Å². The lowest BCUT2D eigenvalue weighted by molar-refractivity contribution is 0.0729. The summed E-state index contributed by atoms with van der Waals surface area (Å²) in [5, 5.41) is 7.06. The SMILES string of the molecule is CNC(=S)N/N=C\c1ccc(OC(=O)c2ccc(F)cc2)c(OC)c1. The zero-order valence-corrected chi connectivity index (χ0v) is 14.4. The summed E-state index contributed by atoms with van der Waals surface area (Å²) in [6.07, 6.45) is 1.54. The molecule has 2 aromatic rings. The van der Waals surface area contributed by atoms with Crippen LogP contribution in [0.1, 0.15) is 15.9 Å². The molecule has 0 unspecified atom stereocenters. The standard InChI is InChI=1S/C17H16FN3O3S/c1-19-17(25)21-20-10-11-3-8-14(15(9-11)23-2)24-16(22)12-4-6-13(18)7-5-12/h3-10H,1-2H3,(H2,19,21,25)/b20-10-. The first-order valence-electron chi connectivity index (χ1n) is 7.20. The van der Waals surface area contributed by atoms with Gasteiger partial charge in [0.25, 0.3) is 0 Å². The monoisotopic (exact) mass is 361 g/mol. The number of ether oxygens (including phenoxy) is 2. The number of hydrazone groups is 1. The van der Waals surface area contributed by atoms with Gasteiger partial charge in [0.1, 0.15) is 5.82 Å². The molecule has 0 atom stereocenters. The molecule has 0 heterocycles. The van der Waals surface area contributed by atoms with E-state index in [2.05, 4.69) is 15.8 Å². The van der Waals surface area contributed by atoms with E-state index in [9.17, 15) is 9.18 Å². The number of nitrogens with zero attached hydrogens (tertiary/aromatic N) is 1. The maximum atomic E-state index is 12.9. The van der Waals surface area contributed by atoms with Crippen LogP contribution in [0.25, 0.3) is 0 Å². The third-order valence-electron chi connectivity index (χ3n) is 3.08. The quantitative estimate of drug-likeness (QED) is 0.280.